The van der Waals surface area contributed by atoms with Crippen LogP contribution in [0.5, 0.6) is 0 Å². The molecule has 0 aromatic carbocycles. The van der Waals surface area contributed by atoms with E-state index in [1.165, 1.54) is 0 Å². The van der Waals surface area contributed by atoms with Crippen molar-refractivity contribution < 1.29 is 9.59 Å². The lowest BCUT2D eigenvalue weighted by atomic mass is 9.89. The number of carbonyl (C=O) groups excluding carboxylic acids is 2. The van der Waals surface area contributed by atoms with Gasteiger partial charge in [0.2, 0.25) is 5.91 Å². The molecular formula is C12H19NO2. The molecule has 1 heterocycles. The van der Waals surface area contributed by atoms with Gasteiger partial charge in [-0.1, -0.05) is 6.08 Å². The van der Waals surface area contributed by atoms with E-state index in [9.17, 15) is 9.59 Å². The Hall–Kier alpha value is -1.12. The van der Waals surface area contributed by atoms with Crippen molar-refractivity contribution in [1.82, 2.24) is 4.90 Å². The van der Waals surface area contributed by atoms with E-state index in [4.69, 9.17) is 0 Å². The summed E-state index contributed by atoms with van der Waals surface area (Å²) in [5, 5.41) is 0. The van der Waals surface area contributed by atoms with Gasteiger partial charge in [-0.3, -0.25) is 9.59 Å². The van der Waals surface area contributed by atoms with Crippen molar-refractivity contribution in [2.75, 3.05) is 6.54 Å². The highest BCUT2D eigenvalue weighted by Gasteiger charge is 2.36. The molecule has 3 nitrogen and oxygen atoms in total. The zero-order chi connectivity index (χ0) is 11.6. The smallest absolute Gasteiger partial charge is 0.230 e. The number of likely N-dealkylation sites (tertiary alicyclic amines) is 1. The number of carbonyl (C=O) groups is 2. The molecule has 1 atom stereocenters. The number of hydrogen-bond donors (Lipinski definition) is 0. The Balaban J connectivity index is 2.80. The molecule has 0 radical (unpaired) electrons. The largest absolute Gasteiger partial charge is 0.337 e. The molecule has 1 saturated heterocycles. The van der Waals surface area contributed by atoms with Crippen LogP contribution in [0.4, 0.5) is 0 Å². The van der Waals surface area contributed by atoms with Crippen molar-refractivity contribution in [2.24, 2.45) is 5.92 Å². The summed E-state index contributed by atoms with van der Waals surface area (Å²) in [5.74, 6) is -0.0485. The normalized spacial score (nSPS) is 23.1. The lowest BCUT2D eigenvalue weighted by Crippen LogP contribution is -2.53. The van der Waals surface area contributed by atoms with Crippen LogP contribution >= 0.6 is 0 Å². The van der Waals surface area contributed by atoms with Crippen LogP contribution in [0, 0.1) is 5.92 Å². The molecular weight excluding hydrogens is 190 g/mol. The molecule has 0 spiro atoms. The van der Waals surface area contributed by atoms with Gasteiger partial charge in [-0.2, -0.15) is 0 Å². The molecule has 84 valence electrons. The zero-order valence-electron chi connectivity index (χ0n) is 9.75. The van der Waals surface area contributed by atoms with Gasteiger partial charge >= 0.3 is 0 Å². The molecule has 0 aromatic rings. The summed E-state index contributed by atoms with van der Waals surface area (Å²) >= 11 is 0. The van der Waals surface area contributed by atoms with Crippen LogP contribution in [-0.2, 0) is 9.59 Å². The number of amides is 1. The molecule has 1 fully saturated rings. The van der Waals surface area contributed by atoms with Crippen molar-refractivity contribution in [2.45, 2.75) is 39.2 Å². The first-order valence-electron chi connectivity index (χ1n) is 5.30. The zero-order valence-corrected chi connectivity index (χ0v) is 9.75. The second-order valence-electron chi connectivity index (χ2n) is 5.04. The van der Waals surface area contributed by atoms with E-state index >= 15 is 0 Å². The first kappa shape index (κ1) is 12.0. The maximum Gasteiger partial charge on any atom is 0.230 e. The number of hydrogen-bond acceptors (Lipinski definition) is 2. The summed E-state index contributed by atoms with van der Waals surface area (Å²) in [7, 11) is 0. The van der Waals surface area contributed by atoms with Gasteiger partial charge in [0.25, 0.3) is 0 Å². The molecule has 3 heteroatoms. The van der Waals surface area contributed by atoms with Crippen LogP contribution in [0.3, 0.4) is 0 Å². The maximum absolute atomic E-state index is 11.7. The number of ketones is 1. The van der Waals surface area contributed by atoms with Gasteiger partial charge in [-0.15, -0.1) is 6.58 Å². The van der Waals surface area contributed by atoms with E-state index in [1.807, 2.05) is 20.8 Å². The molecule has 1 rings (SSSR count). The van der Waals surface area contributed by atoms with E-state index < -0.39 is 0 Å². The highest BCUT2D eigenvalue weighted by Crippen LogP contribution is 2.24. The third kappa shape index (κ3) is 2.67. The Morgan fingerprint density at radius 2 is 2.07 bits per heavy atom. The van der Waals surface area contributed by atoms with Crippen LogP contribution in [0.15, 0.2) is 12.7 Å². The standard InChI is InChI=1S/C12H19NO2/c1-5-6-9-8-13(12(2,3)4)11(15)7-10(9)14/h5,9H,1,6-8H2,2-4H3. The summed E-state index contributed by atoms with van der Waals surface area (Å²) in [6.45, 7) is 10.1. The lowest BCUT2D eigenvalue weighted by Gasteiger charge is -2.40. The van der Waals surface area contributed by atoms with E-state index in [-0.39, 0.29) is 29.6 Å². The van der Waals surface area contributed by atoms with Crippen LogP contribution in [0.1, 0.15) is 33.6 Å². The fourth-order valence-corrected chi connectivity index (χ4v) is 1.87. The van der Waals surface area contributed by atoms with Gasteiger partial charge in [-0.05, 0) is 27.2 Å². The average molecular weight is 209 g/mol. The van der Waals surface area contributed by atoms with E-state index in [0.29, 0.717) is 13.0 Å². The molecule has 0 aromatic heterocycles. The highest BCUT2D eigenvalue weighted by atomic mass is 16.2. The minimum atomic E-state index is -0.197. The highest BCUT2D eigenvalue weighted by molar-refractivity contribution is 6.01. The number of allylic oxidation sites excluding steroid dienone is 1. The van der Waals surface area contributed by atoms with Crippen molar-refractivity contribution in [3.05, 3.63) is 12.7 Å². The van der Waals surface area contributed by atoms with E-state index in [0.717, 1.165) is 0 Å². The van der Waals surface area contributed by atoms with Gasteiger partial charge < -0.3 is 4.90 Å². The van der Waals surface area contributed by atoms with Gasteiger partial charge in [0.1, 0.15) is 5.78 Å². The van der Waals surface area contributed by atoms with Crippen molar-refractivity contribution >= 4 is 11.7 Å². The van der Waals surface area contributed by atoms with Crippen molar-refractivity contribution in [3.8, 4) is 0 Å². The summed E-state index contributed by atoms with van der Waals surface area (Å²) in [6, 6.07) is 0. The quantitative estimate of drug-likeness (QED) is 0.513. The van der Waals surface area contributed by atoms with Crippen molar-refractivity contribution in [3.63, 3.8) is 0 Å². The molecule has 1 aliphatic rings. The SMILES string of the molecule is C=CCC1CN(C(C)(C)C)C(=O)CC1=O. The van der Waals surface area contributed by atoms with Gasteiger partial charge in [0, 0.05) is 18.0 Å². The lowest BCUT2D eigenvalue weighted by molar-refractivity contribution is -0.146. The second kappa shape index (κ2) is 4.17. The number of rotatable bonds is 2. The van der Waals surface area contributed by atoms with Crippen LogP contribution in [-0.4, -0.2) is 28.7 Å². The monoisotopic (exact) mass is 209 g/mol. The summed E-state index contributed by atoms with van der Waals surface area (Å²) in [5.41, 5.74) is -0.197. The number of Topliss-reactive ketones (excluding diaryl/α,β-unsaturated/α-hetero) is 1. The molecule has 1 unspecified atom stereocenters. The maximum atomic E-state index is 11.7. The van der Waals surface area contributed by atoms with E-state index in [1.54, 1.807) is 11.0 Å². The number of nitrogens with zero attached hydrogens (tertiary/aromatic N) is 1. The molecule has 0 aliphatic carbocycles. The fourth-order valence-electron chi connectivity index (χ4n) is 1.87. The van der Waals surface area contributed by atoms with E-state index in [2.05, 4.69) is 6.58 Å². The average Bonchev–Trinajstić information content (AvgIpc) is 2.07. The van der Waals surface area contributed by atoms with Gasteiger partial charge in [-0.25, -0.2) is 0 Å². The third-order valence-corrected chi connectivity index (χ3v) is 2.75. The minimum absolute atomic E-state index is 0.0483. The topological polar surface area (TPSA) is 37.4 Å². The van der Waals surface area contributed by atoms with Gasteiger partial charge in [0.15, 0.2) is 0 Å². The Morgan fingerprint density at radius 1 is 1.47 bits per heavy atom. The second-order valence-corrected chi connectivity index (χ2v) is 5.04. The van der Waals surface area contributed by atoms with Crippen LogP contribution in [0.25, 0.3) is 0 Å². The Kier molecular flexibility index (Phi) is 3.32. The first-order valence-corrected chi connectivity index (χ1v) is 5.30. The Morgan fingerprint density at radius 3 is 2.53 bits per heavy atom. The molecule has 0 N–H and O–H groups in total. The predicted molar refractivity (Wildman–Crippen MR) is 59.4 cm³/mol. The molecule has 1 amide bonds. The Labute approximate surface area is 91.1 Å². The number of piperidine rings is 1. The molecule has 0 saturated carbocycles. The fraction of sp³-hybridized carbons (Fsp3) is 0.667. The minimum Gasteiger partial charge on any atom is -0.337 e. The summed E-state index contributed by atoms with van der Waals surface area (Å²) in [6.07, 6.45) is 2.47. The molecule has 1 aliphatic heterocycles. The predicted octanol–water partition coefficient (Wildman–Crippen LogP) is 1.78. The van der Waals surface area contributed by atoms with Crippen LogP contribution in [0.2, 0.25) is 0 Å². The van der Waals surface area contributed by atoms with Gasteiger partial charge in [0.05, 0.1) is 6.42 Å². The van der Waals surface area contributed by atoms with Crippen LogP contribution < -0.4 is 0 Å². The molecule has 0 bridgehead atoms. The first-order chi connectivity index (χ1) is 6.86. The third-order valence-electron chi connectivity index (χ3n) is 2.75. The Bertz CT molecular complexity index is 288. The molecule has 15 heavy (non-hydrogen) atoms. The van der Waals surface area contributed by atoms with Crippen molar-refractivity contribution in [1.29, 1.82) is 0 Å². The summed E-state index contributed by atoms with van der Waals surface area (Å²) < 4.78 is 0. The summed E-state index contributed by atoms with van der Waals surface area (Å²) in [4.78, 5) is 25.0.